The summed E-state index contributed by atoms with van der Waals surface area (Å²) in [7, 11) is 1.39. The molecular formula is C14H21NO3. The van der Waals surface area contributed by atoms with Crippen molar-refractivity contribution in [2.75, 3.05) is 20.2 Å². The number of esters is 1. The number of methoxy groups -OCH3 is 1. The van der Waals surface area contributed by atoms with Crippen LogP contribution in [0, 0.1) is 0 Å². The zero-order valence-corrected chi connectivity index (χ0v) is 11.2. The summed E-state index contributed by atoms with van der Waals surface area (Å²) in [5.41, 5.74) is 0.879. The molecule has 0 bridgehead atoms. The minimum atomic E-state index is -0.210. The number of benzene rings is 1. The number of phenolic OH excluding ortho intramolecular Hbond substituents is 1. The summed E-state index contributed by atoms with van der Waals surface area (Å²) in [5, 5.41) is 9.83. The Balaban J connectivity index is 2.70. The number of aromatic hydroxyl groups is 1. The molecule has 1 atom stereocenters. The smallest absolute Gasteiger partial charge is 0.306 e. The Kier molecular flexibility index (Phi) is 5.65. The number of nitrogens with zero attached hydrogens (tertiary/aromatic N) is 1. The minimum absolute atomic E-state index is 0.0702. The second kappa shape index (κ2) is 7.01. The molecule has 0 saturated carbocycles. The number of carbonyl (C=O) groups excluding carboxylic acids is 1. The van der Waals surface area contributed by atoms with Gasteiger partial charge >= 0.3 is 5.97 Å². The first-order valence-corrected chi connectivity index (χ1v) is 6.18. The lowest BCUT2D eigenvalue weighted by Crippen LogP contribution is -2.29. The maximum absolute atomic E-state index is 11.2. The van der Waals surface area contributed by atoms with Gasteiger partial charge in [-0.3, -0.25) is 9.69 Å². The van der Waals surface area contributed by atoms with Gasteiger partial charge in [0.05, 0.1) is 13.5 Å². The van der Waals surface area contributed by atoms with E-state index >= 15 is 0 Å². The summed E-state index contributed by atoms with van der Waals surface area (Å²) in [6.07, 6.45) is 0.363. The first-order valence-electron chi connectivity index (χ1n) is 6.18. The van der Waals surface area contributed by atoms with Gasteiger partial charge < -0.3 is 9.84 Å². The summed E-state index contributed by atoms with van der Waals surface area (Å²) in [5.74, 6) is 0.0828. The van der Waals surface area contributed by atoms with Gasteiger partial charge in [0.1, 0.15) is 5.75 Å². The highest BCUT2D eigenvalue weighted by molar-refractivity contribution is 5.69. The maximum Gasteiger partial charge on any atom is 0.306 e. The normalized spacial score (nSPS) is 12.4. The second-order valence-corrected chi connectivity index (χ2v) is 4.19. The Bertz CT molecular complexity index is 392. The van der Waals surface area contributed by atoms with E-state index in [0.717, 1.165) is 12.1 Å². The zero-order chi connectivity index (χ0) is 13.5. The van der Waals surface area contributed by atoms with Crippen molar-refractivity contribution < 1.29 is 14.6 Å². The largest absolute Gasteiger partial charge is 0.508 e. The number of hydrogen-bond acceptors (Lipinski definition) is 4. The third-order valence-corrected chi connectivity index (χ3v) is 3.17. The predicted octanol–water partition coefficient (Wildman–Crippen LogP) is 2.34. The van der Waals surface area contributed by atoms with Gasteiger partial charge in [-0.25, -0.2) is 0 Å². The van der Waals surface area contributed by atoms with E-state index in [1.54, 1.807) is 12.1 Å². The number of hydrogen-bond donors (Lipinski definition) is 1. The van der Waals surface area contributed by atoms with E-state index in [4.69, 9.17) is 0 Å². The van der Waals surface area contributed by atoms with Crippen molar-refractivity contribution in [3.8, 4) is 5.75 Å². The Morgan fingerprint density at radius 2 is 2.11 bits per heavy atom. The number of carbonyl (C=O) groups is 1. The Hall–Kier alpha value is -1.55. The molecule has 0 aliphatic heterocycles. The lowest BCUT2D eigenvalue weighted by Gasteiger charge is -2.28. The molecule has 0 saturated heterocycles. The van der Waals surface area contributed by atoms with Crippen molar-refractivity contribution in [1.29, 1.82) is 0 Å². The molecular weight excluding hydrogens is 230 g/mol. The van der Waals surface area contributed by atoms with Crippen molar-refractivity contribution in [2.45, 2.75) is 26.3 Å². The molecule has 0 unspecified atom stereocenters. The molecule has 0 radical (unpaired) electrons. The second-order valence-electron chi connectivity index (χ2n) is 4.19. The maximum atomic E-state index is 11.2. The minimum Gasteiger partial charge on any atom is -0.508 e. The van der Waals surface area contributed by atoms with Gasteiger partial charge in [0, 0.05) is 18.2 Å². The average Bonchev–Trinajstić information content (AvgIpc) is 2.39. The fourth-order valence-electron chi connectivity index (χ4n) is 2.00. The fourth-order valence-corrected chi connectivity index (χ4v) is 2.00. The number of phenols is 1. The van der Waals surface area contributed by atoms with Crippen LogP contribution in [0.15, 0.2) is 24.3 Å². The summed E-state index contributed by atoms with van der Waals surface area (Å²) < 4.78 is 4.64. The first-order chi connectivity index (χ1) is 8.60. The van der Waals surface area contributed by atoms with Crippen molar-refractivity contribution in [2.24, 2.45) is 0 Å². The highest BCUT2D eigenvalue weighted by atomic mass is 16.5. The number of ether oxygens (including phenoxy) is 1. The Morgan fingerprint density at radius 1 is 1.44 bits per heavy atom. The van der Waals surface area contributed by atoms with Crippen LogP contribution in [0.3, 0.4) is 0 Å². The van der Waals surface area contributed by atoms with E-state index < -0.39 is 0 Å². The van der Waals surface area contributed by atoms with Gasteiger partial charge in [-0.15, -0.1) is 0 Å². The molecule has 100 valence electrons. The van der Waals surface area contributed by atoms with Crippen LogP contribution in [0.1, 0.15) is 31.9 Å². The van der Waals surface area contributed by atoms with Gasteiger partial charge in [-0.1, -0.05) is 25.1 Å². The van der Waals surface area contributed by atoms with Crippen molar-refractivity contribution in [3.63, 3.8) is 0 Å². The Labute approximate surface area is 108 Å². The molecule has 1 rings (SSSR count). The van der Waals surface area contributed by atoms with E-state index in [2.05, 4.69) is 9.64 Å². The number of rotatable bonds is 6. The van der Waals surface area contributed by atoms with Crippen molar-refractivity contribution in [1.82, 2.24) is 4.90 Å². The molecule has 4 nitrogen and oxygen atoms in total. The van der Waals surface area contributed by atoms with E-state index in [1.165, 1.54) is 7.11 Å². The molecule has 0 heterocycles. The van der Waals surface area contributed by atoms with Crippen LogP contribution in [-0.4, -0.2) is 36.2 Å². The zero-order valence-electron chi connectivity index (χ0n) is 11.2. The van der Waals surface area contributed by atoms with Crippen molar-refractivity contribution >= 4 is 5.97 Å². The van der Waals surface area contributed by atoms with E-state index in [-0.39, 0.29) is 12.0 Å². The highest BCUT2D eigenvalue weighted by Crippen LogP contribution is 2.27. The van der Waals surface area contributed by atoms with E-state index in [0.29, 0.717) is 18.7 Å². The summed E-state index contributed by atoms with van der Waals surface area (Å²) in [6.45, 7) is 5.49. The van der Waals surface area contributed by atoms with E-state index in [1.807, 2.05) is 26.0 Å². The molecule has 1 aromatic rings. The van der Waals surface area contributed by atoms with Crippen LogP contribution in [0.4, 0.5) is 0 Å². The molecule has 0 aliphatic rings. The molecule has 0 fully saturated rings. The predicted molar refractivity (Wildman–Crippen MR) is 70.4 cm³/mol. The molecule has 1 N–H and O–H groups in total. The van der Waals surface area contributed by atoms with Crippen molar-refractivity contribution in [3.05, 3.63) is 29.8 Å². The van der Waals surface area contributed by atoms with Crippen LogP contribution in [0.2, 0.25) is 0 Å². The van der Waals surface area contributed by atoms with Crippen LogP contribution < -0.4 is 0 Å². The first kappa shape index (κ1) is 14.5. The van der Waals surface area contributed by atoms with Gasteiger partial charge in [0.25, 0.3) is 0 Å². The Morgan fingerprint density at radius 3 is 2.67 bits per heavy atom. The van der Waals surface area contributed by atoms with Crippen LogP contribution in [-0.2, 0) is 9.53 Å². The summed E-state index contributed by atoms with van der Waals surface area (Å²) in [4.78, 5) is 13.3. The SMILES string of the molecule is CCN(CCC(=O)OC)[C@@H](C)c1ccccc1O. The van der Waals surface area contributed by atoms with Gasteiger partial charge in [-0.05, 0) is 19.5 Å². The summed E-state index contributed by atoms with van der Waals surface area (Å²) >= 11 is 0. The van der Waals surface area contributed by atoms with Crippen LogP contribution in [0.25, 0.3) is 0 Å². The molecule has 0 spiro atoms. The molecule has 0 aliphatic carbocycles. The van der Waals surface area contributed by atoms with Gasteiger partial charge in [0.15, 0.2) is 0 Å². The lowest BCUT2D eigenvalue weighted by molar-refractivity contribution is -0.141. The van der Waals surface area contributed by atoms with E-state index in [9.17, 15) is 9.90 Å². The average molecular weight is 251 g/mol. The lowest BCUT2D eigenvalue weighted by atomic mass is 10.1. The monoisotopic (exact) mass is 251 g/mol. The third kappa shape index (κ3) is 3.74. The quantitative estimate of drug-likeness (QED) is 0.788. The third-order valence-electron chi connectivity index (χ3n) is 3.17. The fraction of sp³-hybridized carbons (Fsp3) is 0.500. The topological polar surface area (TPSA) is 49.8 Å². The standard InChI is InChI=1S/C14H21NO3/c1-4-15(10-9-14(17)18-3)11(2)12-7-5-6-8-13(12)16/h5-8,11,16H,4,9-10H2,1-3H3/t11-/m0/s1. The summed E-state index contributed by atoms with van der Waals surface area (Å²) in [6, 6.07) is 7.36. The molecule has 18 heavy (non-hydrogen) atoms. The molecule has 0 aromatic heterocycles. The molecule has 1 aromatic carbocycles. The highest BCUT2D eigenvalue weighted by Gasteiger charge is 2.17. The van der Waals surface area contributed by atoms with Crippen LogP contribution in [0.5, 0.6) is 5.75 Å². The molecule has 4 heteroatoms. The number of para-hydroxylation sites is 1. The van der Waals surface area contributed by atoms with Crippen LogP contribution >= 0.6 is 0 Å². The van der Waals surface area contributed by atoms with Gasteiger partial charge in [-0.2, -0.15) is 0 Å². The van der Waals surface area contributed by atoms with Gasteiger partial charge in [0.2, 0.25) is 0 Å². The molecule has 0 amide bonds.